The number of allylic oxidation sites excluding steroid dienone is 1. The van der Waals surface area contributed by atoms with Gasteiger partial charge in [0.15, 0.2) is 0 Å². The molecule has 0 amide bonds. The standard InChI is InChI=1S/C17H24O2/c1-5-7-16(12-17(18)19-6-2)15-10-8-14(9-11-15)13(3)4/h8-13H,5-7H2,1-4H3. The molecule has 0 aliphatic rings. The molecule has 2 nitrogen and oxygen atoms in total. The Morgan fingerprint density at radius 2 is 1.84 bits per heavy atom. The van der Waals surface area contributed by atoms with E-state index in [4.69, 9.17) is 4.74 Å². The van der Waals surface area contributed by atoms with Gasteiger partial charge in [0.1, 0.15) is 0 Å². The highest BCUT2D eigenvalue weighted by Crippen LogP contribution is 2.23. The van der Waals surface area contributed by atoms with Crippen molar-refractivity contribution >= 4 is 11.5 Å². The predicted molar refractivity (Wildman–Crippen MR) is 80.0 cm³/mol. The molecular formula is C17H24O2. The largest absolute Gasteiger partial charge is 0.463 e. The van der Waals surface area contributed by atoms with Crippen molar-refractivity contribution in [2.45, 2.75) is 46.5 Å². The lowest BCUT2D eigenvalue weighted by molar-refractivity contribution is -0.137. The molecule has 0 atom stereocenters. The zero-order valence-corrected chi connectivity index (χ0v) is 12.4. The van der Waals surface area contributed by atoms with E-state index in [9.17, 15) is 4.79 Å². The quantitative estimate of drug-likeness (QED) is 0.554. The third-order valence-corrected chi connectivity index (χ3v) is 3.05. The Bertz CT molecular complexity index is 427. The lowest BCUT2D eigenvalue weighted by Gasteiger charge is -2.10. The summed E-state index contributed by atoms with van der Waals surface area (Å²) < 4.78 is 4.99. The molecule has 0 bridgehead atoms. The van der Waals surface area contributed by atoms with Gasteiger partial charge in [0, 0.05) is 6.08 Å². The van der Waals surface area contributed by atoms with Crippen LogP contribution in [0.2, 0.25) is 0 Å². The van der Waals surface area contributed by atoms with Crippen LogP contribution < -0.4 is 0 Å². The number of esters is 1. The van der Waals surface area contributed by atoms with Gasteiger partial charge in [-0.3, -0.25) is 0 Å². The number of carbonyl (C=O) groups is 1. The number of ether oxygens (including phenoxy) is 1. The Balaban J connectivity index is 2.95. The Labute approximate surface area is 116 Å². The van der Waals surface area contributed by atoms with Gasteiger partial charge in [-0.1, -0.05) is 51.5 Å². The maximum atomic E-state index is 11.6. The van der Waals surface area contributed by atoms with E-state index in [1.807, 2.05) is 6.92 Å². The third kappa shape index (κ3) is 4.90. The van der Waals surface area contributed by atoms with Crippen LogP contribution in [0.4, 0.5) is 0 Å². The summed E-state index contributed by atoms with van der Waals surface area (Å²) in [7, 11) is 0. The van der Waals surface area contributed by atoms with Gasteiger partial charge in [-0.25, -0.2) is 4.79 Å². The number of benzene rings is 1. The van der Waals surface area contributed by atoms with Gasteiger partial charge in [-0.15, -0.1) is 0 Å². The molecule has 0 fully saturated rings. The third-order valence-electron chi connectivity index (χ3n) is 3.05. The summed E-state index contributed by atoms with van der Waals surface area (Å²) in [6, 6.07) is 8.45. The van der Waals surface area contributed by atoms with Gasteiger partial charge >= 0.3 is 5.97 Å². The molecule has 104 valence electrons. The number of hydrogen-bond acceptors (Lipinski definition) is 2. The Morgan fingerprint density at radius 3 is 2.32 bits per heavy atom. The first-order valence-electron chi connectivity index (χ1n) is 7.06. The van der Waals surface area contributed by atoms with E-state index in [1.165, 1.54) is 5.56 Å². The molecule has 0 aliphatic heterocycles. The molecule has 0 unspecified atom stereocenters. The van der Waals surface area contributed by atoms with Crippen molar-refractivity contribution in [3.63, 3.8) is 0 Å². The molecule has 0 saturated heterocycles. The van der Waals surface area contributed by atoms with Crippen molar-refractivity contribution in [2.24, 2.45) is 0 Å². The normalized spacial score (nSPS) is 11.7. The Morgan fingerprint density at radius 1 is 1.21 bits per heavy atom. The molecular weight excluding hydrogens is 236 g/mol. The fourth-order valence-electron chi connectivity index (χ4n) is 1.98. The molecule has 19 heavy (non-hydrogen) atoms. The van der Waals surface area contributed by atoms with Crippen LogP contribution in [-0.4, -0.2) is 12.6 Å². The van der Waals surface area contributed by atoms with Crippen molar-refractivity contribution in [3.05, 3.63) is 41.5 Å². The number of hydrogen-bond donors (Lipinski definition) is 0. The minimum Gasteiger partial charge on any atom is -0.463 e. The van der Waals surface area contributed by atoms with Crippen LogP contribution in [0, 0.1) is 0 Å². The Hall–Kier alpha value is -1.57. The molecule has 1 aromatic carbocycles. The van der Waals surface area contributed by atoms with E-state index in [1.54, 1.807) is 6.08 Å². The SMILES string of the molecule is CCCC(=CC(=O)OCC)c1ccc(C(C)C)cc1. The molecule has 0 aromatic heterocycles. The van der Waals surface area contributed by atoms with Crippen LogP contribution >= 0.6 is 0 Å². The van der Waals surface area contributed by atoms with Crippen LogP contribution in [0.25, 0.3) is 5.57 Å². The first-order chi connectivity index (χ1) is 9.08. The minimum atomic E-state index is -0.251. The van der Waals surface area contributed by atoms with Gasteiger partial charge in [0.25, 0.3) is 0 Å². The van der Waals surface area contributed by atoms with Crippen LogP contribution in [-0.2, 0) is 9.53 Å². The molecule has 0 aliphatic carbocycles. The first-order valence-corrected chi connectivity index (χ1v) is 7.06. The van der Waals surface area contributed by atoms with Crippen LogP contribution in [0.3, 0.4) is 0 Å². The zero-order valence-electron chi connectivity index (χ0n) is 12.4. The molecule has 0 heterocycles. The summed E-state index contributed by atoms with van der Waals surface area (Å²) in [5, 5.41) is 0. The molecule has 0 N–H and O–H groups in total. The van der Waals surface area contributed by atoms with Crippen molar-refractivity contribution in [1.82, 2.24) is 0 Å². The minimum absolute atomic E-state index is 0.251. The second-order valence-corrected chi connectivity index (χ2v) is 4.95. The number of rotatable bonds is 6. The summed E-state index contributed by atoms with van der Waals surface area (Å²) in [6.45, 7) is 8.71. The molecule has 0 spiro atoms. The summed E-state index contributed by atoms with van der Waals surface area (Å²) >= 11 is 0. The monoisotopic (exact) mass is 260 g/mol. The van der Waals surface area contributed by atoms with E-state index < -0.39 is 0 Å². The van der Waals surface area contributed by atoms with Gasteiger partial charge in [0.05, 0.1) is 6.61 Å². The van der Waals surface area contributed by atoms with E-state index in [-0.39, 0.29) is 5.97 Å². The van der Waals surface area contributed by atoms with E-state index >= 15 is 0 Å². The van der Waals surface area contributed by atoms with Crippen molar-refractivity contribution in [1.29, 1.82) is 0 Å². The molecule has 1 aromatic rings. The lowest BCUT2D eigenvalue weighted by atomic mass is 9.96. The summed E-state index contributed by atoms with van der Waals surface area (Å²) in [6.07, 6.45) is 3.52. The van der Waals surface area contributed by atoms with Gasteiger partial charge < -0.3 is 4.74 Å². The summed E-state index contributed by atoms with van der Waals surface area (Å²) in [4.78, 5) is 11.6. The highest BCUT2D eigenvalue weighted by Gasteiger charge is 2.06. The van der Waals surface area contributed by atoms with Gasteiger partial charge in [-0.05, 0) is 36.0 Å². The predicted octanol–water partition coefficient (Wildman–Crippen LogP) is 4.56. The van der Waals surface area contributed by atoms with E-state index in [0.29, 0.717) is 12.5 Å². The molecule has 0 saturated carbocycles. The lowest BCUT2D eigenvalue weighted by Crippen LogP contribution is -2.01. The van der Waals surface area contributed by atoms with Crippen molar-refractivity contribution < 1.29 is 9.53 Å². The second-order valence-electron chi connectivity index (χ2n) is 4.95. The van der Waals surface area contributed by atoms with Crippen LogP contribution in [0.5, 0.6) is 0 Å². The van der Waals surface area contributed by atoms with Gasteiger partial charge in [-0.2, -0.15) is 0 Å². The van der Waals surface area contributed by atoms with E-state index in [2.05, 4.69) is 45.0 Å². The van der Waals surface area contributed by atoms with Crippen molar-refractivity contribution in [3.8, 4) is 0 Å². The fourth-order valence-corrected chi connectivity index (χ4v) is 1.98. The van der Waals surface area contributed by atoms with Crippen LogP contribution in [0.1, 0.15) is 57.6 Å². The smallest absolute Gasteiger partial charge is 0.331 e. The van der Waals surface area contributed by atoms with Gasteiger partial charge in [0.2, 0.25) is 0 Å². The average molecular weight is 260 g/mol. The summed E-state index contributed by atoms with van der Waals surface area (Å²) in [5.41, 5.74) is 3.48. The highest BCUT2D eigenvalue weighted by atomic mass is 16.5. The highest BCUT2D eigenvalue weighted by molar-refractivity contribution is 5.91. The molecule has 2 heteroatoms. The maximum absolute atomic E-state index is 11.6. The second kappa shape index (κ2) is 7.78. The Kier molecular flexibility index (Phi) is 6.34. The molecule has 1 rings (SSSR count). The van der Waals surface area contributed by atoms with Crippen molar-refractivity contribution in [2.75, 3.05) is 6.61 Å². The van der Waals surface area contributed by atoms with E-state index in [0.717, 1.165) is 24.0 Å². The fraction of sp³-hybridized carbons (Fsp3) is 0.471. The average Bonchev–Trinajstić information content (AvgIpc) is 2.38. The van der Waals surface area contributed by atoms with Crippen LogP contribution in [0.15, 0.2) is 30.3 Å². The number of carbonyl (C=O) groups excluding carboxylic acids is 1. The zero-order chi connectivity index (χ0) is 14.3. The topological polar surface area (TPSA) is 26.3 Å². The summed E-state index contributed by atoms with van der Waals surface area (Å²) in [5.74, 6) is 0.275. The first kappa shape index (κ1) is 15.5. The maximum Gasteiger partial charge on any atom is 0.331 e. The molecule has 0 radical (unpaired) electrons.